The van der Waals surface area contributed by atoms with Gasteiger partial charge in [0, 0.05) is 0 Å². The predicted octanol–water partition coefficient (Wildman–Crippen LogP) is -0.198. The standard InChI is InChI=1S/C5H9N3O4/c9-5(10)4-2-1-3-7(4)8(12)6-11/h4,11H,1-3H2,(H,9,10)/b8-6+. The number of rotatable bonds is 2. The van der Waals surface area contributed by atoms with Gasteiger partial charge in [-0.15, -0.1) is 5.01 Å². The Morgan fingerprint density at radius 3 is 2.92 bits per heavy atom. The highest BCUT2D eigenvalue weighted by molar-refractivity contribution is 5.73. The molecule has 68 valence electrons. The third-order valence-corrected chi connectivity index (χ3v) is 1.81. The summed E-state index contributed by atoms with van der Waals surface area (Å²) in [5, 5.41) is 30.7. The fourth-order valence-electron chi connectivity index (χ4n) is 1.26. The highest BCUT2D eigenvalue weighted by Gasteiger charge is 2.36. The maximum Gasteiger partial charge on any atom is 0.332 e. The van der Waals surface area contributed by atoms with E-state index in [9.17, 15) is 10.0 Å². The van der Waals surface area contributed by atoms with Crippen LogP contribution in [0.15, 0.2) is 5.28 Å². The fraction of sp³-hybridized carbons (Fsp3) is 0.800. The highest BCUT2D eigenvalue weighted by Crippen LogP contribution is 2.16. The molecular formula is C5H9N3O4. The van der Waals surface area contributed by atoms with Gasteiger partial charge in [0.15, 0.2) is 6.04 Å². The molecule has 0 aromatic heterocycles. The molecule has 1 unspecified atom stereocenters. The maximum atomic E-state index is 10.7. The van der Waals surface area contributed by atoms with E-state index in [2.05, 4.69) is 5.28 Å². The molecule has 1 heterocycles. The molecule has 12 heavy (non-hydrogen) atoms. The lowest BCUT2D eigenvalue weighted by molar-refractivity contribution is -0.710. The molecule has 7 heteroatoms. The number of nitrogens with zero attached hydrogens (tertiary/aromatic N) is 3. The van der Waals surface area contributed by atoms with Gasteiger partial charge in [-0.2, -0.15) is 0 Å². The Labute approximate surface area is 68.0 Å². The third-order valence-electron chi connectivity index (χ3n) is 1.81. The van der Waals surface area contributed by atoms with Gasteiger partial charge >= 0.3 is 5.97 Å². The topological polar surface area (TPSA) is 99.2 Å². The molecular weight excluding hydrogens is 166 g/mol. The number of carboxylic acids is 1. The zero-order valence-electron chi connectivity index (χ0n) is 6.25. The highest BCUT2D eigenvalue weighted by atomic mass is 16.6. The molecule has 0 amide bonds. The predicted molar refractivity (Wildman–Crippen MR) is 35.2 cm³/mol. The van der Waals surface area contributed by atoms with E-state index in [0.717, 1.165) is 5.01 Å². The smallest absolute Gasteiger partial charge is 0.332 e. The van der Waals surface area contributed by atoms with Gasteiger partial charge in [0.2, 0.25) is 5.28 Å². The van der Waals surface area contributed by atoms with E-state index in [4.69, 9.17) is 10.3 Å². The zero-order valence-corrected chi connectivity index (χ0v) is 6.25. The molecule has 1 aliphatic rings. The van der Waals surface area contributed by atoms with E-state index in [0.29, 0.717) is 19.4 Å². The van der Waals surface area contributed by atoms with Gasteiger partial charge < -0.3 is 15.5 Å². The molecule has 2 N–H and O–H groups in total. The minimum absolute atomic E-state index is 0.0915. The van der Waals surface area contributed by atoms with Crippen molar-refractivity contribution in [1.29, 1.82) is 0 Å². The first kappa shape index (κ1) is 8.57. The Kier molecular flexibility index (Phi) is 2.32. The molecule has 0 aliphatic carbocycles. The number of aliphatic carboxylic acids is 1. The summed E-state index contributed by atoms with van der Waals surface area (Å²) in [6, 6.07) is -0.863. The fourth-order valence-corrected chi connectivity index (χ4v) is 1.26. The van der Waals surface area contributed by atoms with E-state index in [1.807, 2.05) is 0 Å². The molecule has 0 radical (unpaired) electrons. The van der Waals surface area contributed by atoms with Crippen molar-refractivity contribution in [2.24, 2.45) is 5.28 Å². The van der Waals surface area contributed by atoms with E-state index >= 15 is 0 Å². The number of hydrazine groups is 1. The van der Waals surface area contributed by atoms with Crippen molar-refractivity contribution < 1.29 is 20.1 Å². The lowest BCUT2D eigenvalue weighted by Crippen LogP contribution is -2.40. The van der Waals surface area contributed by atoms with E-state index in [1.165, 1.54) is 0 Å². The average molecular weight is 175 g/mol. The Morgan fingerprint density at radius 2 is 2.42 bits per heavy atom. The van der Waals surface area contributed by atoms with Gasteiger partial charge in [0.25, 0.3) is 0 Å². The normalized spacial score (nSPS) is 24.5. The summed E-state index contributed by atoms with van der Waals surface area (Å²) >= 11 is 0. The van der Waals surface area contributed by atoms with Gasteiger partial charge in [-0.25, -0.2) is 4.79 Å². The van der Waals surface area contributed by atoms with Gasteiger partial charge in [-0.1, -0.05) is 0 Å². The second-order valence-corrected chi connectivity index (χ2v) is 2.50. The van der Waals surface area contributed by atoms with Crippen LogP contribution in [0.5, 0.6) is 0 Å². The maximum absolute atomic E-state index is 10.7. The van der Waals surface area contributed by atoms with Crippen LogP contribution in [0.3, 0.4) is 0 Å². The molecule has 1 atom stereocenters. The Hall–Kier alpha value is -1.53. The quantitative estimate of drug-likeness (QED) is 0.344. The summed E-state index contributed by atoms with van der Waals surface area (Å²) in [7, 11) is 0. The molecule has 7 nitrogen and oxygen atoms in total. The Bertz CT molecular complexity index is 217. The van der Waals surface area contributed by atoms with Crippen LogP contribution in [0.2, 0.25) is 0 Å². The second-order valence-electron chi connectivity index (χ2n) is 2.50. The van der Waals surface area contributed by atoms with Crippen LogP contribution in [0.4, 0.5) is 0 Å². The van der Waals surface area contributed by atoms with Gasteiger partial charge in [0.1, 0.15) is 0 Å². The summed E-state index contributed by atoms with van der Waals surface area (Å²) in [6.45, 7) is 0.310. The van der Waals surface area contributed by atoms with Crippen LogP contribution < -0.4 is 0 Å². The molecule has 0 saturated carbocycles. The van der Waals surface area contributed by atoms with Gasteiger partial charge in [-0.3, -0.25) is 0 Å². The van der Waals surface area contributed by atoms with Crippen molar-refractivity contribution >= 4 is 5.97 Å². The molecule has 1 fully saturated rings. The van der Waals surface area contributed by atoms with Crippen LogP contribution in [-0.2, 0) is 4.79 Å². The van der Waals surface area contributed by atoms with Crippen molar-refractivity contribution in [3.63, 3.8) is 0 Å². The Morgan fingerprint density at radius 1 is 1.75 bits per heavy atom. The molecule has 0 aromatic carbocycles. The number of hydrogen-bond donors (Lipinski definition) is 2. The molecule has 1 aliphatic heterocycles. The van der Waals surface area contributed by atoms with Crippen molar-refractivity contribution in [2.75, 3.05) is 6.54 Å². The van der Waals surface area contributed by atoms with Crippen molar-refractivity contribution in [3.8, 4) is 0 Å². The number of hydrogen-bond acceptors (Lipinski definition) is 3. The van der Waals surface area contributed by atoms with Crippen LogP contribution in [0.1, 0.15) is 12.8 Å². The minimum Gasteiger partial charge on any atom is -0.569 e. The summed E-state index contributed by atoms with van der Waals surface area (Å²) in [4.78, 5) is 10.4. The first-order chi connectivity index (χ1) is 5.66. The lowest BCUT2D eigenvalue weighted by Gasteiger charge is -2.15. The molecule has 1 saturated heterocycles. The second kappa shape index (κ2) is 3.24. The summed E-state index contributed by atoms with van der Waals surface area (Å²) in [6.07, 6.45) is 1.02. The summed E-state index contributed by atoms with van der Waals surface area (Å²) in [5.41, 5.74) is 0. The first-order valence-corrected chi connectivity index (χ1v) is 3.48. The van der Waals surface area contributed by atoms with E-state index in [-0.39, 0.29) is 4.97 Å². The number of carbonyl (C=O) groups is 1. The molecule has 0 aromatic rings. The van der Waals surface area contributed by atoms with E-state index < -0.39 is 12.0 Å². The van der Waals surface area contributed by atoms with E-state index in [1.54, 1.807) is 0 Å². The molecule has 0 spiro atoms. The minimum atomic E-state index is -1.07. The summed E-state index contributed by atoms with van der Waals surface area (Å²) < 4.78 is 0. The van der Waals surface area contributed by atoms with Crippen LogP contribution in [-0.4, -0.2) is 38.8 Å². The largest absolute Gasteiger partial charge is 0.569 e. The number of carboxylic acid groups (broad SMARTS) is 1. The van der Waals surface area contributed by atoms with Crippen molar-refractivity contribution in [2.45, 2.75) is 18.9 Å². The Balaban J connectivity index is 2.70. The van der Waals surface area contributed by atoms with Crippen LogP contribution in [0.25, 0.3) is 0 Å². The zero-order chi connectivity index (χ0) is 9.14. The summed E-state index contributed by atoms with van der Waals surface area (Å²) in [5.74, 6) is -1.07. The average Bonchev–Trinajstić information content (AvgIpc) is 2.50. The van der Waals surface area contributed by atoms with Crippen molar-refractivity contribution in [1.82, 2.24) is 5.01 Å². The van der Waals surface area contributed by atoms with Crippen LogP contribution in [0, 0.1) is 5.21 Å². The molecule has 1 rings (SSSR count). The van der Waals surface area contributed by atoms with Gasteiger partial charge in [0.05, 0.1) is 11.5 Å². The molecule has 0 bridgehead atoms. The van der Waals surface area contributed by atoms with Gasteiger partial charge in [-0.05, 0) is 12.8 Å². The lowest BCUT2D eigenvalue weighted by atomic mass is 10.2. The monoisotopic (exact) mass is 175 g/mol. The SMILES string of the molecule is O=C(O)C1CCCN1/[N+]([O-])=N\O. The first-order valence-electron chi connectivity index (χ1n) is 3.48. The third kappa shape index (κ3) is 1.39. The van der Waals surface area contributed by atoms with Crippen molar-refractivity contribution in [3.05, 3.63) is 5.21 Å². The van der Waals surface area contributed by atoms with Crippen LogP contribution >= 0.6 is 0 Å².